The van der Waals surface area contributed by atoms with E-state index in [4.69, 9.17) is 5.73 Å². The van der Waals surface area contributed by atoms with Crippen molar-refractivity contribution in [2.24, 2.45) is 17.1 Å². The van der Waals surface area contributed by atoms with E-state index in [1.165, 1.54) is 0 Å². The van der Waals surface area contributed by atoms with Crippen LogP contribution in [0.3, 0.4) is 0 Å². The molecule has 0 aromatic heterocycles. The van der Waals surface area contributed by atoms with Gasteiger partial charge in [0.1, 0.15) is 0 Å². The third kappa shape index (κ3) is 10.6. The van der Waals surface area contributed by atoms with Crippen LogP contribution >= 0.6 is 0 Å². The van der Waals surface area contributed by atoms with E-state index >= 15 is 0 Å². The summed E-state index contributed by atoms with van der Waals surface area (Å²) < 4.78 is 0. The van der Waals surface area contributed by atoms with E-state index in [-0.39, 0.29) is 23.9 Å². The lowest BCUT2D eigenvalue weighted by Gasteiger charge is -2.37. The smallest absolute Gasteiger partial charge is 0.237 e. The Morgan fingerprint density at radius 1 is 1.05 bits per heavy atom. The molecule has 8 nitrogen and oxygen atoms in total. The molecule has 1 fully saturated rings. The molecular weight excluding hydrogens is 492 g/mol. The average molecular weight is 543 g/mol. The highest BCUT2D eigenvalue weighted by atomic mass is 16.3. The maximum atomic E-state index is 13.4. The molecule has 0 spiro atoms. The van der Waals surface area contributed by atoms with Crippen molar-refractivity contribution in [3.8, 4) is 0 Å². The number of carbonyl (C=O) groups excluding carboxylic acids is 3. The van der Waals surface area contributed by atoms with Crippen LogP contribution in [-0.4, -0.2) is 64.5 Å². The monoisotopic (exact) mass is 542 g/mol. The summed E-state index contributed by atoms with van der Waals surface area (Å²) in [6.45, 7) is 11.6. The number of nitrogens with one attached hydrogen (secondary N) is 2. The van der Waals surface area contributed by atoms with Crippen LogP contribution in [0.2, 0.25) is 0 Å². The van der Waals surface area contributed by atoms with E-state index in [9.17, 15) is 19.5 Å². The Labute approximate surface area is 235 Å². The first kappa shape index (κ1) is 32.8. The van der Waals surface area contributed by atoms with Crippen molar-refractivity contribution in [3.63, 3.8) is 0 Å². The van der Waals surface area contributed by atoms with Crippen LogP contribution in [-0.2, 0) is 20.8 Å². The molecule has 0 saturated carbocycles. The minimum Gasteiger partial charge on any atom is -0.390 e. The number of aliphatic hydroxyl groups is 1. The molecule has 39 heavy (non-hydrogen) atoms. The fourth-order valence-electron chi connectivity index (χ4n) is 4.68. The minimum absolute atomic E-state index is 0.0691. The van der Waals surface area contributed by atoms with Crippen LogP contribution < -0.4 is 16.4 Å². The van der Waals surface area contributed by atoms with Crippen LogP contribution in [0.15, 0.2) is 30.3 Å². The SMILES string of the molecule is C[C@@H](C(=O)N[C@@H](Cc1ccccc1)[C@H](O)CN1C[CH]CCCC[CH]C[C@H]1C(=O)NC(C)(C)C)C(C)(C)C(N)=O. The summed E-state index contributed by atoms with van der Waals surface area (Å²) in [4.78, 5) is 40.7. The molecule has 8 heteroatoms. The predicted octanol–water partition coefficient (Wildman–Crippen LogP) is 3.18. The van der Waals surface area contributed by atoms with E-state index in [1.807, 2.05) is 56.0 Å². The Kier molecular flexibility index (Phi) is 12.4. The first-order valence-corrected chi connectivity index (χ1v) is 14.2. The summed E-state index contributed by atoms with van der Waals surface area (Å²) in [5, 5.41) is 17.7. The molecule has 218 valence electrons. The highest BCUT2D eigenvalue weighted by Gasteiger charge is 2.38. The molecular formula is C31H50N4O4. The van der Waals surface area contributed by atoms with Gasteiger partial charge in [0, 0.05) is 24.5 Å². The standard InChI is InChI=1S/C31H50N4O4/c1-22(31(5,6)29(32)39)27(37)33-24(20-23-16-12-11-13-17-23)26(36)21-35-19-15-10-8-7-9-14-18-25(35)28(38)34-30(2,3)4/h11-17,22,24-26,36H,7-10,18-21H2,1-6H3,(H2,32,39)(H,33,37)(H,34,38)/t22-,24-,25-,26+/m0/s1. The molecule has 2 rings (SSSR count). The molecule has 0 aliphatic carbocycles. The second-order valence-electron chi connectivity index (χ2n) is 12.5. The summed E-state index contributed by atoms with van der Waals surface area (Å²) in [7, 11) is 0. The molecule has 1 aliphatic rings. The Balaban J connectivity index is 2.31. The predicted molar refractivity (Wildman–Crippen MR) is 155 cm³/mol. The van der Waals surface area contributed by atoms with Gasteiger partial charge in [0.05, 0.1) is 23.6 Å². The highest BCUT2D eigenvalue weighted by molar-refractivity contribution is 5.89. The molecule has 1 aliphatic heterocycles. The number of aliphatic hydroxyl groups excluding tert-OH is 1. The molecule has 4 atom stereocenters. The summed E-state index contributed by atoms with van der Waals surface area (Å²) in [6.07, 6.45) is 8.46. The molecule has 0 unspecified atom stereocenters. The molecule has 1 aromatic rings. The Morgan fingerprint density at radius 2 is 1.67 bits per heavy atom. The maximum Gasteiger partial charge on any atom is 0.237 e. The number of hydrogen-bond donors (Lipinski definition) is 4. The third-order valence-electron chi connectivity index (χ3n) is 7.68. The summed E-state index contributed by atoms with van der Waals surface area (Å²) in [5.74, 6) is -1.66. The first-order chi connectivity index (χ1) is 18.2. The number of rotatable bonds is 10. The second-order valence-corrected chi connectivity index (χ2v) is 12.5. The van der Waals surface area contributed by atoms with Crippen molar-refractivity contribution in [1.29, 1.82) is 0 Å². The first-order valence-electron chi connectivity index (χ1n) is 14.2. The van der Waals surface area contributed by atoms with Gasteiger partial charge in [-0.2, -0.15) is 0 Å². The number of hydrogen-bond acceptors (Lipinski definition) is 5. The van der Waals surface area contributed by atoms with Crippen LogP contribution in [0.1, 0.15) is 79.2 Å². The number of nitrogens with zero attached hydrogens (tertiary/aromatic N) is 1. The number of primary amides is 1. The van der Waals surface area contributed by atoms with Gasteiger partial charge in [0.2, 0.25) is 17.7 Å². The quantitative estimate of drug-likeness (QED) is 0.361. The zero-order valence-electron chi connectivity index (χ0n) is 24.7. The van der Waals surface area contributed by atoms with Gasteiger partial charge in [-0.15, -0.1) is 0 Å². The van der Waals surface area contributed by atoms with Gasteiger partial charge < -0.3 is 21.5 Å². The number of amides is 3. The zero-order valence-corrected chi connectivity index (χ0v) is 24.7. The third-order valence-corrected chi connectivity index (χ3v) is 7.68. The summed E-state index contributed by atoms with van der Waals surface area (Å²) in [6, 6.07) is 8.60. The zero-order chi connectivity index (χ0) is 29.2. The average Bonchev–Trinajstić information content (AvgIpc) is 2.86. The van der Waals surface area contributed by atoms with Crippen molar-refractivity contribution >= 4 is 17.7 Å². The fraction of sp³-hybridized carbons (Fsp3) is 0.645. The normalized spacial score (nSPS) is 20.3. The number of carbonyl (C=O) groups is 3. The fourth-order valence-corrected chi connectivity index (χ4v) is 4.68. The second kappa shape index (κ2) is 14.8. The van der Waals surface area contributed by atoms with Crippen LogP contribution in [0.5, 0.6) is 0 Å². The summed E-state index contributed by atoms with van der Waals surface area (Å²) >= 11 is 0. The van der Waals surface area contributed by atoms with Crippen molar-refractivity contribution in [2.75, 3.05) is 13.1 Å². The van der Waals surface area contributed by atoms with Crippen molar-refractivity contribution in [1.82, 2.24) is 15.5 Å². The van der Waals surface area contributed by atoms with Crippen LogP contribution in [0.25, 0.3) is 0 Å². The van der Waals surface area contributed by atoms with Gasteiger partial charge >= 0.3 is 0 Å². The van der Waals surface area contributed by atoms with E-state index in [0.717, 1.165) is 31.2 Å². The molecule has 1 aromatic carbocycles. The van der Waals surface area contributed by atoms with Crippen molar-refractivity contribution < 1.29 is 19.5 Å². The Morgan fingerprint density at radius 3 is 2.26 bits per heavy atom. The van der Waals surface area contributed by atoms with E-state index < -0.39 is 35.4 Å². The molecule has 2 radical (unpaired) electrons. The lowest BCUT2D eigenvalue weighted by Crippen LogP contribution is -2.57. The molecule has 5 N–H and O–H groups in total. The number of β-amino-alcohol motifs (C(OH)–C–C–N with tert-alkyl or cyclic N) is 1. The van der Waals surface area contributed by atoms with Gasteiger partial charge in [0.15, 0.2) is 0 Å². The molecule has 3 amide bonds. The highest BCUT2D eigenvalue weighted by Crippen LogP contribution is 2.27. The Bertz CT molecular complexity index is 928. The molecule has 1 saturated heterocycles. The van der Waals surface area contributed by atoms with Crippen LogP contribution in [0.4, 0.5) is 0 Å². The molecule has 0 bridgehead atoms. The van der Waals surface area contributed by atoms with E-state index in [0.29, 0.717) is 19.4 Å². The maximum absolute atomic E-state index is 13.4. The van der Waals surface area contributed by atoms with Crippen molar-refractivity contribution in [3.05, 3.63) is 48.7 Å². The van der Waals surface area contributed by atoms with Gasteiger partial charge in [-0.3, -0.25) is 19.3 Å². The number of benzene rings is 1. The van der Waals surface area contributed by atoms with E-state index in [2.05, 4.69) is 23.5 Å². The van der Waals surface area contributed by atoms with Crippen LogP contribution in [0, 0.1) is 24.2 Å². The van der Waals surface area contributed by atoms with Gasteiger partial charge in [-0.25, -0.2) is 0 Å². The minimum atomic E-state index is -1.05. The largest absolute Gasteiger partial charge is 0.390 e. The number of nitrogens with two attached hydrogens (primary N) is 1. The van der Waals surface area contributed by atoms with Gasteiger partial charge in [0.25, 0.3) is 0 Å². The van der Waals surface area contributed by atoms with Crippen molar-refractivity contribution in [2.45, 2.75) is 104 Å². The lowest BCUT2D eigenvalue weighted by molar-refractivity contribution is -0.138. The van der Waals surface area contributed by atoms with E-state index in [1.54, 1.807) is 20.8 Å². The summed E-state index contributed by atoms with van der Waals surface area (Å²) in [5.41, 5.74) is 5.10. The van der Waals surface area contributed by atoms with Gasteiger partial charge in [-0.1, -0.05) is 70.4 Å². The lowest BCUT2D eigenvalue weighted by atomic mass is 9.78. The topological polar surface area (TPSA) is 125 Å². The Hall–Kier alpha value is -2.45. The molecule has 1 heterocycles. The van der Waals surface area contributed by atoms with Gasteiger partial charge in [-0.05, 0) is 58.4 Å².